The van der Waals surface area contributed by atoms with Gasteiger partial charge in [-0.15, -0.1) is 5.10 Å². The number of ether oxygens (including phenoxy) is 1. The molecule has 8 nitrogen and oxygen atoms in total. The highest BCUT2D eigenvalue weighted by Crippen LogP contribution is 2.12. The Hall–Kier alpha value is -1.54. The summed E-state index contributed by atoms with van der Waals surface area (Å²) in [6.45, 7) is 6.39. The molecule has 1 aromatic heterocycles. The number of carbonyl (C=O) groups excluding carboxylic acids is 1. The molecule has 3 rings (SSSR count). The highest BCUT2D eigenvalue weighted by molar-refractivity contribution is 5.76. The van der Waals surface area contributed by atoms with Gasteiger partial charge in [0.25, 0.3) is 0 Å². The number of nitrogens with zero attached hydrogens (tertiary/aromatic N) is 6. The Bertz CT molecular complexity index is 506. The van der Waals surface area contributed by atoms with Crippen LogP contribution in [0.1, 0.15) is 44.3 Å². The predicted octanol–water partition coefficient (Wildman–Crippen LogP) is 0.688. The lowest BCUT2D eigenvalue weighted by Crippen LogP contribution is -2.37. The zero-order chi connectivity index (χ0) is 16.6. The first-order valence-electron chi connectivity index (χ1n) is 9.16. The predicted molar refractivity (Wildman–Crippen MR) is 88.2 cm³/mol. The summed E-state index contributed by atoms with van der Waals surface area (Å²) in [4.78, 5) is 16.8. The average Bonchev–Trinajstić information content (AvgIpc) is 3.00. The summed E-state index contributed by atoms with van der Waals surface area (Å²) >= 11 is 0. The third-order valence-corrected chi connectivity index (χ3v) is 4.82. The Morgan fingerprint density at radius 3 is 2.46 bits per heavy atom. The van der Waals surface area contributed by atoms with E-state index in [4.69, 9.17) is 4.74 Å². The molecule has 0 bridgehead atoms. The van der Waals surface area contributed by atoms with Crippen LogP contribution in [0.3, 0.4) is 0 Å². The molecule has 0 atom stereocenters. The third kappa shape index (κ3) is 4.98. The average molecular weight is 336 g/mol. The molecule has 134 valence electrons. The topological polar surface area (TPSA) is 76.4 Å². The van der Waals surface area contributed by atoms with Crippen molar-refractivity contribution in [2.24, 2.45) is 0 Å². The van der Waals surface area contributed by atoms with Gasteiger partial charge in [-0.3, -0.25) is 9.69 Å². The van der Waals surface area contributed by atoms with Crippen LogP contribution in [-0.4, -0.2) is 75.3 Å². The lowest BCUT2D eigenvalue weighted by Gasteiger charge is -2.26. The molecule has 0 N–H and O–H groups in total. The van der Waals surface area contributed by atoms with Crippen LogP contribution in [-0.2, 0) is 22.6 Å². The van der Waals surface area contributed by atoms with Crippen molar-refractivity contribution in [3.8, 4) is 0 Å². The maximum atomic E-state index is 12.5. The van der Waals surface area contributed by atoms with Crippen molar-refractivity contribution >= 4 is 5.91 Å². The lowest BCUT2D eigenvalue weighted by atomic mass is 10.1. The molecule has 1 amide bonds. The van der Waals surface area contributed by atoms with E-state index >= 15 is 0 Å². The van der Waals surface area contributed by atoms with Crippen molar-refractivity contribution < 1.29 is 9.53 Å². The summed E-state index contributed by atoms with van der Waals surface area (Å²) in [5.41, 5.74) is 0. The van der Waals surface area contributed by atoms with E-state index in [2.05, 4.69) is 20.4 Å². The minimum absolute atomic E-state index is 0.227. The van der Waals surface area contributed by atoms with E-state index in [0.717, 1.165) is 58.1 Å². The third-order valence-electron chi connectivity index (χ3n) is 4.82. The molecule has 24 heavy (non-hydrogen) atoms. The summed E-state index contributed by atoms with van der Waals surface area (Å²) in [5.74, 6) is 1.06. The second-order valence-electron chi connectivity index (χ2n) is 6.61. The van der Waals surface area contributed by atoms with Gasteiger partial charge in [0.15, 0.2) is 5.82 Å². The van der Waals surface area contributed by atoms with E-state index in [-0.39, 0.29) is 5.91 Å². The number of hydrogen-bond donors (Lipinski definition) is 0. The summed E-state index contributed by atoms with van der Waals surface area (Å²) in [7, 11) is 0. The van der Waals surface area contributed by atoms with Gasteiger partial charge in [0.2, 0.25) is 5.91 Å². The Balaban J connectivity index is 1.48. The molecule has 2 fully saturated rings. The molecule has 0 aromatic carbocycles. The number of aryl methyl sites for hydroxylation is 1. The van der Waals surface area contributed by atoms with Crippen molar-refractivity contribution in [2.45, 2.75) is 51.6 Å². The van der Waals surface area contributed by atoms with Crippen LogP contribution in [0.25, 0.3) is 0 Å². The molecule has 1 aromatic rings. The molecular weight excluding hydrogens is 308 g/mol. The maximum absolute atomic E-state index is 12.5. The van der Waals surface area contributed by atoms with Gasteiger partial charge >= 0.3 is 0 Å². The van der Waals surface area contributed by atoms with E-state index in [9.17, 15) is 4.79 Å². The van der Waals surface area contributed by atoms with Crippen molar-refractivity contribution in [1.29, 1.82) is 0 Å². The second-order valence-corrected chi connectivity index (χ2v) is 6.61. The van der Waals surface area contributed by atoms with Crippen LogP contribution in [0.5, 0.6) is 0 Å². The van der Waals surface area contributed by atoms with Gasteiger partial charge < -0.3 is 9.64 Å². The molecular formula is C16H28N6O2. The quantitative estimate of drug-likeness (QED) is 0.787. The van der Waals surface area contributed by atoms with Gasteiger partial charge in [-0.2, -0.15) is 0 Å². The fourth-order valence-electron chi connectivity index (χ4n) is 3.33. The van der Waals surface area contributed by atoms with Crippen molar-refractivity contribution in [1.82, 2.24) is 30.0 Å². The summed E-state index contributed by atoms with van der Waals surface area (Å²) < 4.78 is 7.14. The first-order chi connectivity index (χ1) is 11.8. The highest BCUT2D eigenvalue weighted by Gasteiger charge is 2.18. The summed E-state index contributed by atoms with van der Waals surface area (Å²) in [6.07, 6.45) is 6.50. The molecule has 2 aliphatic rings. The van der Waals surface area contributed by atoms with E-state index in [1.807, 2.05) is 4.90 Å². The largest absolute Gasteiger partial charge is 0.379 e. The number of carbonyl (C=O) groups is 1. The molecule has 2 saturated heterocycles. The van der Waals surface area contributed by atoms with E-state index < -0.39 is 0 Å². The van der Waals surface area contributed by atoms with E-state index in [1.54, 1.807) is 4.68 Å². The highest BCUT2D eigenvalue weighted by atomic mass is 16.5. The fourth-order valence-corrected chi connectivity index (χ4v) is 3.33. The van der Waals surface area contributed by atoms with Crippen molar-refractivity contribution in [3.63, 3.8) is 0 Å². The molecule has 0 radical (unpaired) electrons. The van der Waals surface area contributed by atoms with Gasteiger partial charge in [-0.25, -0.2) is 4.68 Å². The molecule has 0 unspecified atom stereocenters. The first-order valence-corrected chi connectivity index (χ1v) is 9.16. The number of rotatable bonds is 5. The van der Waals surface area contributed by atoms with Crippen LogP contribution in [0.2, 0.25) is 0 Å². The standard InChI is InChI=1S/C16H28N6O2/c23-16(21-7-4-2-1-3-5-8-21)6-9-22-15(17-18-19-22)14-20-10-12-24-13-11-20/h1-14H2. The lowest BCUT2D eigenvalue weighted by molar-refractivity contribution is -0.131. The molecule has 0 spiro atoms. The maximum Gasteiger partial charge on any atom is 0.224 e. The van der Waals surface area contributed by atoms with Gasteiger partial charge in [0, 0.05) is 32.6 Å². The van der Waals surface area contributed by atoms with Crippen LogP contribution in [0, 0.1) is 0 Å². The molecule has 0 saturated carbocycles. The smallest absolute Gasteiger partial charge is 0.224 e. The van der Waals surface area contributed by atoms with E-state index in [0.29, 0.717) is 19.5 Å². The van der Waals surface area contributed by atoms with Gasteiger partial charge in [-0.1, -0.05) is 19.3 Å². The van der Waals surface area contributed by atoms with Crippen LogP contribution < -0.4 is 0 Å². The number of morpholine rings is 1. The Labute approximate surface area is 143 Å². The van der Waals surface area contributed by atoms with E-state index in [1.165, 1.54) is 19.3 Å². The van der Waals surface area contributed by atoms with Gasteiger partial charge in [0.05, 0.1) is 26.3 Å². The number of likely N-dealkylation sites (tertiary alicyclic amines) is 1. The monoisotopic (exact) mass is 336 g/mol. The number of tetrazole rings is 1. The molecule has 8 heteroatoms. The van der Waals surface area contributed by atoms with Crippen LogP contribution >= 0.6 is 0 Å². The Kier molecular flexibility index (Phi) is 6.54. The number of amides is 1. The van der Waals surface area contributed by atoms with Gasteiger partial charge in [0.1, 0.15) is 0 Å². The SMILES string of the molecule is O=C(CCn1nnnc1CN1CCOCC1)N1CCCCCCC1. The zero-order valence-corrected chi connectivity index (χ0v) is 14.4. The Morgan fingerprint density at radius 2 is 1.71 bits per heavy atom. The first kappa shape index (κ1) is 17.3. The minimum Gasteiger partial charge on any atom is -0.379 e. The van der Waals surface area contributed by atoms with Crippen LogP contribution in [0.15, 0.2) is 0 Å². The molecule has 0 aliphatic carbocycles. The fraction of sp³-hybridized carbons (Fsp3) is 0.875. The normalized spacial score (nSPS) is 20.6. The second kappa shape index (κ2) is 9.08. The Morgan fingerprint density at radius 1 is 1.00 bits per heavy atom. The number of aromatic nitrogens is 4. The number of hydrogen-bond acceptors (Lipinski definition) is 6. The van der Waals surface area contributed by atoms with Crippen molar-refractivity contribution in [3.05, 3.63) is 5.82 Å². The van der Waals surface area contributed by atoms with Crippen LogP contribution in [0.4, 0.5) is 0 Å². The zero-order valence-electron chi connectivity index (χ0n) is 14.4. The van der Waals surface area contributed by atoms with Crippen molar-refractivity contribution in [2.75, 3.05) is 39.4 Å². The minimum atomic E-state index is 0.227. The summed E-state index contributed by atoms with van der Waals surface area (Å²) in [6, 6.07) is 0. The van der Waals surface area contributed by atoms with Gasteiger partial charge in [-0.05, 0) is 23.3 Å². The molecule has 2 aliphatic heterocycles. The summed E-state index contributed by atoms with van der Waals surface area (Å²) in [5, 5.41) is 12.0. The molecule has 3 heterocycles.